The van der Waals surface area contributed by atoms with Gasteiger partial charge in [0.15, 0.2) is 0 Å². The second-order valence-electron chi connectivity index (χ2n) is 5.21. The van der Waals surface area contributed by atoms with Crippen molar-refractivity contribution in [2.45, 2.75) is 66.0 Å². The fraction of sp³-hybridized carbons (Fsp3) is 0.625. The maximum Gasteiger partial charge on any atom is 0.0210 e. The molecule has 1 rings (SSSR count). The van der Waals surface area contributed by atoms with Crippen molar-refractivity contribution in [2.24, 2.45) is 0 Å². The zero-order valence-electron chi connectivity index (χ0n) is 11.8. The number of benzene rings is 1. The first-order valence-corrected chi connectivity index (χ1v) is 6.93. The van der Waals surface area contributed by atoms with Crippen molar-refractivity contribution < 1.29 is 0 Å². The molecule has 0 aliphatic rings. The standard InChI is InChI=1S/C16H27N/c1-5-6-7-8-15(4)17-12-16-10-9-13(2)11-14(16)3/h9-11,15,17H,5-8,12H2,1-4H3. The topological polar surface area (TPSA) is 12.0 Å². The monoisotopic (exact) mass is 233 g/mol. The van der Waals surface area contributed by atoms with E-state index in [2.05, 4.69) is 51.2 Å². The average Bonchev–Trinajstić information content (AvgIpc) is 2.28. The van der Waals surface area contributed by atoms with Crippen LogP contribution in [0.1, 0.15) is 56.2 Å². The first-order valence-electron chi connectivity index (χ1n) is 6.93. The van der Waals surface area contributed by atoms with Gasteiger partial charge in [-0.1, -0.05) is 49.9 Å². The lowest BCUT2D eigenvalue weighted by molar-refractivity contribution is 0.487. The Labute approximate surface area is 107 Å². The fourth-order valence-corrected chi connectivity index (χ4v) is 2.13. The van der Waals surface area contributed by atoms with E-state index >= 15 is 0 Å². The summed E-state index contributed by atoms with van der Waals surface area (Å²) in [4.78, 5) is 0. The van der Waals surface area contributed by atoms with E-state index < -0.39 is 0 Å². The van der Waals surface area contributed by atoms with Crippen molar-refractivity contribution in [3.8, 4) is 0 Å². The summed E-state index contributed by atoms with van der Waals surface area (Å²) < 4.78 is 0. The molecular weight excluding hydrogens is 206 g/mol. The van der Waals surface area contributed by atoms with Crippen LogP contribution in [-0.2, 0) is 6.54 Å². The fourth-order valence-electron chi connectivity index (χ4n) is 2.13. The Morgan fingerprint density at radius 2 is 1.94 bits per heavy atom. The second-order valence-corrected chi connectivity index (χ2v) is 5.21. The molecule has 17 heavy (non-hydrogen) atoms. The summed E-state index contributed by atoms with van der Waals surface area (Å²) in [7, 11) is 0. The molecule has 1 atom stereocenters. The second kappa shape index (κ2) is 7.50. The maximum absolute atomic E-state index is 3.62. The number of hydrogen-bond donors (Lipinski definition) is 1. The molecule has 0 saturated heterocycles. The van der Waals surface area contributed by atoms with Crippen molar-refractivity contribution >= 4 is 0 Å². The molecule has 1 aromatic rings. The quantitative estimate of drug-likeness (QED) is 0.690. The van der Waals surface area contributed by atoms with E-state index in [1.54, 1.807) is 0 Å². The van der Waals surface area contributed by atoms with Crippen LogP contribution in [0.3, 0.4) is 0 Å². The third-order valence-electron chi connectivity index (χ3n) is 3.38. The Bertz CT molecular complexity index is 330. The van der Waals surface area contributed by atoms with E-state index in [0.717, 1.165) is 6.54 Å². The maximum atomic E-state index is 3.62. The van der Waals surface area contributed by atoms with Crippen LogP contribution >= 0.6 is 0 Å². The molecular formula is C16H27N. The van der Waals surface area contributed by atoms with Gasteiger partial charge in [0.25, 0.3) is 0 Å². The molecule has 0 amide bonds. The molecule has 1 heteroatoms. The van der Waals surface area contributed by atoms with Crippen molar-refractivity contribution in [3.63, 3.8) is 0 Å². The van der Waals surface area contributed by atoms with Crippen molar-refractivity contribution in [1.29, 1.82) is 0 Å². The van der Waals surface area contributed by atoms with Crippen LogP contribution in [0, 0.1) is 13.8 Å². The molecule has 0 bridgehead atoms. The summed E-state index contributed by atoms with van der Waals surface area (Å²) in [6.45, 7) is 9.90. The minimum atomic E-state index is 0.627. The van der Waals surface area contributed by atoms with E-state index in [9.17, 15) is 0 Å². The largest absolute Gasteiger partial charge is 0.310 e. The highest BCUT2D eigenvalue weighted by molar-refractivity contribution is 5.30. The third-order valence-corrected chi connectivity index (χ3v) is 3.38. The molecule has 0 saturated carbocycles. The van der Waals surface area contributed by atoms with Gasteiger partial charge in [-0.25, -0.2) is 0 Å². The Kier molecular flexibility index (Phi) is 6.28. The van der Waals surface area contributed by atoms with Gasteiger partial charge in [-0.2, -0.15) is 0 Å². The molecule has 0 aliphatic heterocycles. The summed E-state index contributed by atoms with van der Waals surface area (Å²) in [5.74, 6) is 0. The molecule has 0 fully saturated rings. The van der Waals surface area contributed by atoms with Gasteiger partial charge in [0, 0.05) is 12.6 Å². The predicted molar refractivity (Wildman–Crippen MR) is 76.4 cm³/mol. The van der Waals surface area contributed by atoms with Crippen LogP contribution in [0.5, 0.6) is 0 Å². The summed E-state index contributed by atoms with van der Waals surface area (Å²) >= 11 is 0. The van der Waals surface area contributed by atoms with Crippen LogP contribution in [0.25, 0.3) is 0 Å². The molecule has 0 heterocycles. The average molecular weight is 233 g/mol. The SMILES string of the molecule is CCCCCC(C)NCc1ccc(C)cc1C. The van der Waals surface area contributed by atoms with E-state index in [0.29, 0.717) is 6.04 Å². The van der Waals surface area contributed by atoms with Crippen molar-refractivity contribution in [3.05, 3.63) is 34.9 Å². The van der Waals surface area contributed by atoms with Gasteiger partial charge in [-0.15, -0.1) is 0 Å². The van der Waals surface area contributed by atoms with Crippen molar-refractivity contribution in [1.82, 2.24) is 5.32 Å². The minimum Gasteiger partial charge on any atom is -0.310 e. The summed E-state index contributed by atoms with van der Waals surface area (Å²) in [5.41, 5.74) is 4.18. The third kappa shape index (κ3) is 5.36. The number of unbranched alkanes of at least 4 members (excludes halogenated alkanes) is 2. The molecule has 96 valence electrons. The Morgan fingerprint density at radius 3 is 2.59 bits per heavy atom. The Hall–Kier alpha value is -0.820. The zero-order valence-corrected chi connectivity index (χ0v) is 11.8. The smallest absolute Gasteiger partial charge is 0.0210 e. The molecule has 0 aromatic heterocycles. The highest BCUT2D eigenvalue weighted by Crippen LogP contribution is 2.11. The van der Waals surface area contributed by atoms with Gasteiger partial charge < -0.3 is 5.32 Å². The molecule has 1 N–H and O–H groups in total. The number of aryl methyl sites for hydroxylation is 2. The molecule has 0 radical (unpaired) electrons. The lowest BCUT2D eigenvalue weighted by atomic mass is 10.0. The van der Waals surface area contributed by atoms with E-state index in [4.69, 9.17) is 0 Å². The summed E-state index contributed by atoms with van der Waals surface area (Å²) in [6, 6.07) is 7.34. The molecule has 0 aliphatic carbocycles. The van der Waals surface area contributed by atoms with Crippen LogP contribution in [0.4, 0.5) is 0 Å². The highest BCUT2D eigenvalue weighted by Gasteiger charge is 2.03. The Morgan fingerprint density at radius 1 is 1.18 bits per heavy atom. The van der Waals surface area contributed by atoms with Gasteiger partial charge in [0.2, 0.25) is 0 Å². The van der Waals surface area contributed by atoms with E-state index in [1.165, 1.54) is 42.4 Å². The number of rotatable bonds is 7. The minimum absolute atomic E-state index is 0.627. The first kappa shape index (κ1) is 14.2. The van der Waals surface area contributed by atoms with Crippen LogP contribution in [0.2, 0.25) is 0 Å². The lowest BCUT2D eigenvalue weighted by Crippen LogP contribution is -2.25. The molecule has 1 aromatic carbocycles. The van der Waals surface area contributed by atoms with Gasteiger partial charge >= 0.3 is 0 Å². The molecule has 0 spiro atoms. The van der Waals surface area contributed by atoms with Gasteiger partial charge in [-0.05, 0) is 38.3 Å². The van der Waals surface area contributed by atoms with Crippen molar-refractivity contribution in [2.75, 3.05) is 0 Å². The number of nitrogens with one attached hydrogen (secondary N) is 1. The van der Waals surface area contributed by atoms with Crippen LogP contribution in [-0.4, -0.2) is 6.04 Å². The highest BCUT2D eigenvalue weighted by atomic mass is 14.9. The van der Waals surface area contributed by atoms with Crippen LogP contribution < -0.4 is 5.32 Å². The van der Waals surface area contributed by atoms with Gasteiger partial charge in [0.05, 0.1) is 0 Å². The Balaban J connectivity index is 2.34. The summed E-state index contributed by atoms with van der Waals surface area (Å²) in [5, 5.41) is 3.62. The normalized spacial score (nSPS) is 12.7. The van der Waals surface area contributed by atoms with E-state index in [1.807, 2.05) is 0 Å². The zero-order chi connectivity index (χ0) is 12.7. The summed E-state index contributed by atoms with van der Waals surface area (Å²) in [6.07, 6.45) is 5.30. The first-order chi connectivity index (χ1) is 8.13. The lowest BCUT2D eigenvalue weighted by Gasteiger charge is -2.15. The van der Waals surface area contributed by atoms with Crippen LogP contribution in [0.15, 0.2) is 18.2 Å². The van der Waals surface area contributed by atoms with E-state index in [-0.39, 0.29) is 0 Å². The van der Waals surface area contributed by atoms with Gasteiger partial charge in [0.1, 0.15) is 0 Å². The predicted octanol–water partition coefficient (Wildman–Crippen LogP) is 4.36. The van der Waals surface area contributed by atoms with Gasteiger partial charge in [-0.3, -0.25) is 0 Å². The molecule has 1 nitrogen and oxygen atoms in total. The molecule has 1 unspecified atom stereocenters. The number of hydrogen-bond acceptors (Lipinski definition) is 1.